The van der Waals surface area contributed by atoms with Crippen molar-refractivity contribution in [2.45, 2.75) is 65.3 Å². The zero-order valence-corrected chi connectivity index (χ0v) is 19.7. The molecule has 1 heterocycles. The Morgan fingerprint density at radius 3 is 2.52 bits per heavy atom. The number of hydrogen-bond donors (Lipinski definition) is 1. The second kappa shape index (κ2) is 11.4. The third kappa shape index (κ3) is 6.13. The second-order valence-corrected chi connectivity index (χ2v) is 9.08. The molecule has 3 heteroatoms. The lowest BCUT2D eigenvalue weighted by Gasteiger charge is -2.28. The number of nitrogens with zero attached hydrogens (tertiary/aromatic N) is 1. The van der Waals surface area contributed by atoms with Crippen LogP contribution >= 0.6 is 0 Å². The van der Waals surface area contributed by atoms with Crippen LogP contribution in [0.1, 0.15) is 75.5 Å². The van der Waals surface area contributed by atoms with Crippen molar-refractivity contribution in [1.82, 2.24) is 4.90 Å². The van der Waals surface area contributed by atoms with E-state index in [1.165, 1.54) is 42.4 Å². The SMILES string of the molecule is CCCCCC(C)C(C)c1cc(O)c(C2=CCN(Cc3ccccc3)CC2)c(OC)c1. The van der Waals surface area contributed by atoms with Gasteiger partial charge in [-0.3, -0.25) is 4.90 Å². The zero-order chi connectivity index (χ0) is 22.2. The summed E-state index contributed by atoms with van der Waals surface area (Å²) in [5.74, 6) is 2.13. The Labute approximate surface area is 188 Å². The van der Waals surface area contributed by atoms with Crippen LogP contribution in [0.2, 0.25) is 0 Å². The fourth-order valence-electron chi connectivity index (χ4n) is 4.59. The predicted molar refractivity (Wildman–Crippen MR) is 131 cm³/mol. The molecule has 0 aliphatic carbocycles. The number of rotatable bonds is 10. The summed E-state index contributed by atoms with van der Waals surface area (Å²) < 4.78 is 5.76. The number of unbranched alkanes of at least 4 members (excludes halogenated alkanes) is 2. The molecule has 0 spiro atoms. The normalized spacial score (nSPS) is 16.6. The lowest BCUT2D eigenvalue weighted by atomic mass is 9.84. The summed E-state index contributed by atoms with van der Waals surface area (Å²) in [5, 5.41) is 11.0. The number of ether oxygens (including phenoxy) is 1. The molecule has 2 unspecified atom stereocenters. The van der Waals surface area contributed by atoms with Crippen molar-refractivity contribution in [3.8, 4) is 11.5 Å². The van der Waals surface area contributed by atoms with Crippen molar-refractivity contribution < 1.29 is 9.84 Å². The molecule has 0 radical (unpaired) electrons. The molecule has 0 bridgehead atoms. The highest BCUT2D eigenvalue weighted by Gasteiger charge is 2.22. The van der Waals surface area contributed by atoms with Crippen molar-refractivity contribution in [2.24, 2.45) is 5.92 Å². The molecule has 0 saturated carbocycles. The minimum Gasteiger partial charge on any atom is -0.507 e. The highest BCUT2D eigenvalue weighted by molar-refractivity contribution is 5.76. The molecule has 0 saturated heterocycles. The van der Waals surface area contributed by atoms with E-state index in [0.29, 0.717) is 17.6 Å². The maximum Gasteiger partial charge on any atom is 0.130 e. The van der Waals surface area contributed by atoms with E-state index in [1.54, 1.807) is 7.11 Å². The van der Waals surface area contributed by atoms with Crippen molar-refractivity contribution in [1.29, 1.82) is 0 Å². The second-order valence-electron chi connectivity index (χ2n) is 9.08. The highest BCUT2D eigenvalue weighted by atomic mass is 16.5. The van der Waals surface area contributed by atoms with Crippen LogP contribution in [0, 0.1) is 5.92 Å². The Morgan fingerprint density at radius 1 is 1.10 bits per heavy atom. The minimum atomic E-state index is 0.352. The van der Waals surface area contributed by atoms with Crippen LogP contribution in [-0.2, 0) is 6.54 Å². The van der Waals surface area contributed by atoms with Crippen LogP contribution in [-0.4, -0.2) is 30.2 Å². The maximum absolute atomic E-state index is 11.0. The van der Waals surface area contributed by atoms with E-state index in [1.807, 2.05) is 6.07 Å². The van der Waals surface area contributed by atoms with Gasteiger partial charge in [-0.1, -0.05) is 82.9 Å². The Bertz CT molecular complexity index is 859. The number of aromatic hydroxyl groups is 1. The van der Waals surface area contributed by atoms with Crippen molar-refractivity contribution in [2.75, 3.05) is 20.2 Å². The van der Waals surface area contributed by atoms with Gasteiger partial charge < -0.3 is 9.84 Å². The fraction of sp³-hybridized carbons (Fsp3) is 0.500. The number of benzene rings is 2. The summed E-state index contributed by atoms with van der Waals surface area (Å²) in [4.78, 5) is 2.44. The Morgan fingerprint density at radius 2 is 1.87 bits per heavy atom. The molecule has 2 aromatic rings. The van der Waals surface area contributed by atoms with E-state index >= 15 is 0 Å². The van der Waals surface area contributed by atoms with Crippen molar-refractivity contribution >= 4 is 5.57 Å². The van der Waals surface area contributed by atoms with Gasteiger partial charge in [-0.2, -0.15) is 0 Å². The smallest absolute Gasteiger partial charge is 0.130 e. The topological polar surface area (TPSA) is 32.7 Å². The highest BCUT2D eigenvalue weighted by Crippen LogP contribution is 2.41. The van der Waals surface area contributed by atoms with Gasteiger partial charge in [0.15, 0.2) is 0 Å². The average Bonchev–Trinajstić information content (AvgIpc) is 2.79. The van der Waals surface area contributed by atoms with E-state index in [4.69, 9.17) is 4.74 Å². The van der Waals surface area contributed by atoms with E-state index in [-0.39, 0.29) is 0 Å². The standard InChI is InChI=1S/C28H39NO2/c1-5-6-8-11-21(2)22(3)25-18-26(30)28(27(19-25)31-4)24-14-16-29(17-15-24)20-23-12-9-7-10-13-23/h7,9-10,12-14,18-19,21-22,30H,5-6,8,11,15-17,20H2,1-4H3. The third-order valence-electron chi connectivity index (χ3n) is 6.83. The molecule has 1 aliphatic heterocycles. The molecule has 1 aliphatic rings. The average molecular weight is 422 g/mol. The first-order valence-electron chi connectivity index (χ1n) is 11.9. The molecule has 2 aromatic carbocycles. The van der Waals surface area contributed by atoms with Crippen LogP contribution in [0.5, 0.6) is 11.5 Å². The first kappa shape index (κ1) is 23.4. The van der Waals surface area contributed by atoms with Crippen LogP contribution in [0.25, 0.3) is 5.57 Å². The van der Waals surface area contributed by atoms with E-state index in [0.717, 1.165) is 37.4 Å². The van der Waals surface area contributed by atoms with Gasteiger partial charge in [0, 0.05) is 19.6 Å². The van der Waals surface area contributed by atoms with Crippen molar-refractivity contribution in [3.05, 3.63) is 65.2 Å². The molecule has 1 N–H and O–H groups in total. The van der Waals surface area contributed by atoms with E-state index < -0.39 is 0 Å². The molecule has 3 nitrogen and oxygen atoms in total. The summed E-state index contributed by atoms with van der Waals surface area (Å²) in [6.45, 7) is 9.67. The first-order valence-corrected chi connectivity index (χ1v) is 11.9. The summed E-state index contributed by atoms with van der Waals surface area (Å²) in [6, 6.07) is 14.7. The van der Waals surface area contributed by atoms with Gasteiger partial charge >= 0.3 is 0 Å². The summed E-state index contributed by atoms with van der Waals surface area (Å²) in [7, 11) is 1.71. The number of hydrogen-bond acceptors (Lipinski definition) is 3. The lowest BCUT2D eigenvalue weighted by Crippen LogP contribution is -2.28. The number of phenolic OH excluding ortho intramolecular Hbond substituents is 1. The fourth-order valence-corrected chi connectivity index (χ4v) is 4.59. The van der Waals surface area contributed by atoms with Gasteiger partial charge in [-0.25, -0.2) is 0 Å². The van der Waals surface area contributed by atoms with Gasteiger partial charge in [0.1, 0.15) is 11.5 Å². The number of phenols is 1. The van der Waals surface area contributed by atoms with Gasteiger partial charge in [-0.05, 0) is 47.1 Å². The summed E-state index contributed by atoms with van der Waals surface area (Å²) in [5.41, 5.74) is 4.57. The Balaban J connectivity index is 1.73. The zero-order valence-electron chi connectivity index (χ0n) is 19.7. The monoisotopic (exact) mass is 421 g/mol. The molecular weight excluding hydrogens is 382 g/mol. The molecule has 0 fully saturated rings. The van der Waals surface area contributed by atoms with Crippen LogP contribution in [0.4, 0.5) is 0 Å². The molecule has 0 amide bonds. The summed E-state index contributed by atoms with van der Waals surface area (Å²) >= 11 is 0. The van der Waals surface area contributed by atoms with Crippen molar-refractivity contribution in [3.63, 3.8) is 0 Å². The molecule has 2 atom stereocenters. The molecular formula is C28H39NO2. The predicted octanol–water partition coefficient (Wildman–Crippen LogP) is 7.01. The Kier molecular flexibility index (Phi) is 8.60. The van der Waals surface area contributed by atoms with Gasteiger partial charge in [-0.15, -0.1) is 0 Å². The van der Waals surface area contributed by atoms with Crippen LogP contribution in [0.15, 0.2) is 48.5 Å². The number of methoxy groups -OCH3 is 1. The maximum atomic E-state index is 11.0. The van der Waals surface area contributed by atoms with Gasteiger partial charge in [0.05, 0.1) is 12.7 Å². The molecule has 31 heavy (non-hydrogen) atoms. The molecule has 0 aromatic heterocycles. The third-order valence-corrected chi connectivity index (χ3v) is 6.83. The van der Waals surface area contributed by atoms with Crippen LogP contribution < -0.4 is 4.74 Å². The largest absolute Gasteiger partial charge is 0.507 e. The first-order chi connectivity index (χ1) is 15.0. The summed E-state index contributed by atoms with van der Waals surface area (Å²) in [6.07, 6.45) is 8.21. The molecule has 3 rings (SSSR count). The lowest BCUT2D eigenvalue weighted by molar-refractivity contribution is 0.293. The van der Waals surface area contributed by atoms with Gasteiger partial charge in [0.25, 0.3) is 0 Å². The quantitative estimate of drug-likeness (QED) is 0.419. The van der Waals surface area contributed by atoms with E-state index in [2.05, 4.69) is 68.1 Å². The Hall–Kier alpha value is -2.26. The van der Waals surface area contributed by atoms with Gasteiger partial charge in [0.2, 0.25) is 0 Å². The molecule has 168 valence electrons. The minimum absolute atomic E-state index is 0.352. The van der Waals surface area contributed by atoms with E-state index in [9.17, 15) is 5.11 Å². The van der Waals surface area contributed by atoms with Crippen LogP contribution in [0.3, 0.4) is 0 Å².